The number of rotatable bonds is 6. The predicted molar refractivity (Wildman–Crippen MR) is 77.0 cm³/mol. The van der Waals surface area contributed by atoms with Gasteiger partial charge in [0.15, 0.2) is 0 Å². The van der Waals surface area contributed by atoms with Crippen molar-refractivity contribution in [1.82, 2.24) is 5.32 Å². The highest BCUT2D eigenvalue weighted by atomic mass is 16.6. The molecule has 0 radical (unpaired) electrons. The van der Waals surface area contributed by atoms with Crippen LogP contribution < -0.4 is 5.32 Å². The van der Waals surface area contributed by atoms with E-state index in [1.54, 1.807) is 0 Å². The van der Waals surface area contributed by atoms with E-state index in [0.29, 0.717) is 6.04 Å². The Balaban J connectivity index is 1.66. The fraction of sp³-hybridized carbons (Fsp3) is 0.294. The second kappa shape index (κ2) is 6.00. The maximum absolute atomic E-state index is 5.30. The van der Waals surface area contributed by atoms with E-state index in [9.17, 15) is 0 Å². The molecule has 1 saturated heterocycles. The SMILES string of the molecule is c1ccc(CC(Cc2ccccc2)NC2CO2)cc1. The molecule has 0 saturated carbocycles. The minimum absolute atomic E-state index is 0.262. The van der Waals surface area contributed by atoms with Gasteiger partial charge >= 0.3 is 0 Å². The Morgan fingerprint density at radius 3 is 1.79 bits per heavy atom. The van der Waals surface area contributed by atoms with Gasteiger partial charge in [-0.25, -0.2) is 0 Å². The van der Waals surface area contributed by atoms with Gasteiger partial charge in [-0.15, -0.1) is 0 Å². The van der Waals surface area contributed by atoms with Crippen molar-refractivity contribution in [3.63, 3.8) is 0 Å². The molecule has 1 atom stereocenters. The quantitative estimate of drug-likeness (QED) is 0.801. The van der Waals surface area contributed by atoms with Crippen LogP contribution in [0.2, 0.25) is 0 Å². The summed E-state index contributed by atoms with van der Waals surface area (Å²) in [6.45, 7) is 0.847. The van der Waals surface area contributed by atoms with Crippen LogP contribution in [0.4, 0.5) is 0 Å². The molecule has 0 spiro atoms. The lowest BCUT2D eigenvalue weighted by Gasteiger charge is -2.18. The molecular weight excluding hydrogens is 234 g/mol. The van der Waals surface area contributed by atoms with Crippen LogP contribution >= 0.6 is 0 Å². The van der Waals surface area contributed by atoms with Crippen molar-refractivity contribution in [3.8, 4) is 0 Å². The molecule has 0 aromatic heterocycles. The Kier molecular flexibility index (Phi) is 3.92. The van der Waals surface area contributed by atoms with Gasteiger partial charge in [-0.1, -0.05) is 60.7 Å². The molecule has 1 heterocycles. The highest BCUT2D eigenvalue weighted by Gasteiger charge is 2.25. The van der Waals surface area contributed by atoms with E-state index in [0.717, 1.165) is 19.4 Å². The zero-order valence-electron chi connectivity index (χ0n) is 11.0. The molecule has 2 heteroatoms. The second-order valence-corrected chi connectivity index (χ2v) is 5.07. The maximum Gasteiger partial charge on any atom is 0.132 e. The van der Waals surface area contributed by atoms with Crippen LogP contribution in [0.5, 0.6) is 0 Å². The van der Waals surface area contributed by atoms with Crippen molar-refractivity contribution < 1.29 is 4.74 Å². The monoisotopic (exact) mass is 253 g/mol. The van der Waals surface area contributed by atoms with Crippen LogP contribution in [-0.4, -0.2) is 18.9 Å². The van der Waals surface area contributed by atoms with Gasteiger partial charge in [0, 0.05) is 6.04 Å². The molecule has 0 aliphatic carbocycles. The summed E-state index contributed by atoms with van der Waals surface area (Å²) in [5, 5.41) is 3.57. The Hall–Kier alpha value is -1.64. The summed E-state index contributed by atoms with van der Waals surface area (Å²) >= 11 is 0. The van der Waals surface area contributed by atoms with Gasteiger partial charge in [-0.3, -0.25) is 5.32 Å². The third kappa shape index (κ3) is 3.91. The molecular formula is C17H19NO. The fourth-order valence-corrected chi connectivity index (χ4v) is 2.39. The van der Waals surface area contributed by atoms with Crippen molar-refractivity contribution in [2.24, 2.45) is 0 Å². The summed E-state index contributed by atoms with van der Waals surface area (Å²) in [6, 6.07) is 21.7. The smallest absolute Gasteiger partial charge is 0.132 e. The summed E-state index contributed by atoms with van der Waals surface area (Å²) in [4.78, 5) is 0. The van der Waals surface area contributed by atoms with Crippen LogP contribution in [0.3, 0.4) is 0 Å². The zero-order chi connectivity index (χ0) is 12.9. The molecule has 2 aromatic carbocycles. The molecule has 1 N–H and O–H groups in total. The first-order valence-corrected chi connectivity index (χ1v) is 6.85. The number of epoxide rings is 1. The standard InChI is InChI=1S/C17H19NO/c1-3-7-14(8-4-1)11-16(18-17-13-19-17)12-15-9-5-2-6-10-15/h1-10,16-18H,11-13H2. The molecule has 1 aliphatic heterocycles. The lowest BCUT2D eigenvalue weighted by molar-refractivity contribution is 0.337. The molecule has 98 valence electrons. The van der Waals surface area contributed by atoms with E-state index in [1.807, 2.05) is 0 Å². The third-order valence-electron chi connectivity index (χ3n) is 3.40. The summed E-state index contributed by atoms with van der Waals surface area (Å²) in [5.74, 6) is 0. The van der Waals surface area contributed by atoms with Gasteiger partial charge in [-0.2, -0.15) is 0 Å². The van der Waals surface area contributed by atoms with E-state index in [4.69, 9.17) is 4.74 Å². The normalized spacial score (nSPS) is 17.6. The largest absolute Gasteiger partial charge is 0.357 e. The molecule has 3 rings (SSSR count). The molecule has 0 bridgehead atoms. The summed E-state index contributed by atoms with van der Waals surface area (Å²) in [5.41, 5.74) is 2.74. The van der Waals surface area contributed by atoms with E-state index in [1.165, 1.54) is 11.1 Å². The highest BCUT2D eigenvalue weighted by Crippen LogP contribution is 2.13. The Labute approximate surface area is 114 Å². The average Bonchev–Trinajstić information content (AvgIpc) is 3.25. The molecule has 0 amide bonds. The van der Waals surface area contributed by atoms with Gasteiger partial charge in [0.1, 0.15) is 6.23 Å². The van der Waals surface area contributed by atoms with Crippen molar-refractivity contribution in [1.29, 1.82) is 0 Å². The first-order chi connectivity index (χ1) is 9.40. The molecule has 19 heavy (non-hydrogen) atoms. The second-order valence-electron chi connectivity index (χ2n) is 5.07. The number of hydrogen-bond acceptors (Lipinski definition) is 2. The number of nitrogens with one attached hydrogen (secondary N) is 1. The van der Waals surface area contributed by atoms with Gasteiger partial charge in [0.05, 0.1) is 6.61 Å². The number of benzene rings is 2. The Bertz CT molecular complexity index is 452. The fourth-order valence-electron chi connectivity index (χ4n) is 2.39. The van der Waals surface area contributed by atoms with E-state index in [2.05, 4.69) is 66.0 Å². The van der Waals surface area contributed by atoms with E-state index in [-0.39, 0.29) is 6.23 Å². The lowest BCUT2D eigenvalue weighted by atomic mass is 9.99. The average molecular weight is 253 g/mol. The molecule has 1 aliphatic rings. The van der Waals surface area contributed by atoms with Gasteiger partial charge < -0.3 is 4.74 Å². The molecule has 1 fully saturated rings. The van der Waals surface area contributed by atoms with Crippen LogP contribution in [0, 0.1) is 0 Å². The highest BCUT2D eigenvalue weighted by molar-refractivity contribution is 5.19. The maximum atomic E-state index is 5.30. The van der Waals surface area contributed by atoms with Gasteiger partial charge in [0.2, 0.25) is 0 Å². The summed E-state index contributed by atoms with van der Waals surface area (Å²) in [6.07, 6.45) is 2.34. The predicted octanol–water partition coefficient (Wildman–Crippen LogP) is 2.79. The van der Waals surface area contributed by atoms with E-state index < -0.39 is 0 Å². The first kappa shape index (κ1) is 12.4. The van der Waals surface area contributed by atoms with E-state index >= 15 is 0 Å². The van der Waals surface area contributed by atoms with Crippen molar-refractivity contribution in [2.75, 3.05) is 6.61 Å². The zero-order valence-corrected chi connectivity index (χ0v) is 11.0. The third-order valence-corrected chi connectivity index (χ3v) is 3.40. The Morgan fingerprint density at radius 1 is 0.895 bits per heavy atom. The lowest BCUT2D eigenvalue weighted by Crippen LogP contribution is -2.35. The summed E-state index contributed by atoms with van der Waals surface area (Å²) < 4.78 is 5.30. The molecule has 2 aromatic rings. The van der Waals surface area contributed by atoms with Gasteiger partial charge in [-0.05, 0) is 24.0 Å². The van der Waals surface area contributed by atoms with Crippen LogP contribution in [0.15, 0.2) is 60.7 Å². The molecule has 1 unspecified atom stereocenters. The minimum Gasteiger partial charge on any atom is -0.357 e. The van der Waals surface area contributed by atoms with Gasteiger partial charge in [0.25, 0.3) is 0 Å². The van der Waals surface area contributed by atoms with Crippen molar-refractivity contribution in [3.05, 3.63) is 71.8 Å². The summed E-state index contributed by atoms with van der Waals surface area (Å²) in [7, 11) is 0. The van der Waals surface area contributed by atoms with Crippen LogP contribution in [0.25, 0.3) is 0 Å². The number of hydrogen-bond donors (Lipinski definition) is 1. The minimum atomic E-state index is 0.262. The van der Waals surface area contributed by atoms with Crippen molar-refractivity contribution >= 4 is 0 Å². The number of ether oxygens (including phenoxy) is 1. The van der Waals surface area contributed by atoms with Crippen LogP contribution in [0.1, 0.15) is 11.1 Å². The topological polar surface area (TPSA) is 24.6 Å². The molecule has 2 nitrogen and oxygen atoms in total. The van der Waals surface area contributed by atoms with Crippen molar-refractivity contribution in [2.45, 2.75) is 25.1 Å². The van der Waals surface area contributed by atoms with Crippen LogP contribution in [-0.2, 0) is 17.6 Å². The first-order valence-electron chi connectivity index (χ1n) is 6.85. The Morgan fingerprint density at radius 2 is 1.37 bits per heavy atom.